The number of aryl methyl sites for hydroxylation is 1. The first-order valence-corrected chi connectivity index (χ1v) is 11.1. The molecule has 0 bridgehead atoms. The van der Waals surface area contributed by atoms with Gasteiger partial charge in [-0.1, -0.05) is 12.1 Å². The summed E-state index contributed by atoms with van der Waals surface area (Å²) in [6.07, 6.45) is 1.44. The number of benzene rings is 1. The Hall–Kier alpha value is -2.27. The largest absolute Gasteiger partial charge is 0.379 e. The fraction of sp³-hybridized carbons (Fsp3) is 0.450. The van der Waals surface area contributed by atoms with Gasteiger partial charge in [0.1, 0.15) is 16.4 Å². The Kier molecular flexibility index (Phi) is 6.91. The van der Waals surface area contributed by atoms with Crippen LogP contribution in [0.25, 0.3) is 0 Å². The first-order valence-electron chi connectivity index (χ1n) is 9.64. The topological polar surface area (TPSA) is 83.9 Å². The molecule has 1 aromatic heterocycles. The van der Waals surface area contributed by atoms with Gasteiger partial charge in [0.05, 0.1) is 19.3 Å². The fourth-order valence-corrected chi connectivity index (χ4v) is 4.91. The maximum atomic E-state index is 13.6. The van der Waals surface area contributed by atoms with Crippen LogP contribution in [0.1, 0.15) is 22.1 Å². The van der Waals surface area contributed by atoms with Crippen molar-refractivity contribution in [1.29, 1.82) is 0 Å². The molecular formula is C20H27FN4O4S. The van der Waals surface area contributed by atoms with Crippen LogP contribution in [0.3, 0.4) is 0 Å². The number of hydrogen-bond donors (Lipinski definition) is 1. The minimum Gasteiger partial charge on any atom is -0.379 e. The van der Waals surface area contributed by atoms with Gasteiger partial charge in [-0.05, 0) is 37.9 Å². The Morgan fingerprint density at radius 3 is 2.60 bits per heavy atom. The van der Waals surface area contributed by atoms with Gasteiger partial charge in [0, 0.05) is 32.9 Å². The number of sulfonamides is 1. The maximum Gasteiger partial charge on any atom is 0.268 e. The van der Waals surface area contributed by atoms with E-state index in [1.54, 1.807) is 19.2 Å². The molecule has 1 aromatic carbocycles. The molecule has 1 fully saturated rings. The van der Waals surface area contributed by atoms with E-state index in [9.17, 15) is 17.6 Å². The summed E-state index contributed by atoms with van der Waals surface area (Å²) >= 11 is 0. The highest BCUT2D eigenvalue weighted by Gasteiger charge is 2.29. The van der Waals surface area contributed by atoms with Gasteiger partial charge < -0.3 is 19.5 Å². The summed E-state index contributed by atoms with van der Waals surface area (Å²) in [5.41, 5.74) is 0.973. The van der Waals surface area contributed by atoms with E-state index in [1.807, 2.05) is 19.0 Å². The second kappa shape index (κ2) is 9.25. The first kappa shape index (κ1) is 22.4. The molecule has 8 nitrogen and oxygen atoms in total. The normalized spacial score (nSPS) is 16.6. The third-order valence-electron chi connectivity index (χ3n) is 5.13. The Bertz CT molecular complexity index is 1000. The molecule has 1 aliphatic rings. The quantitative estimate of drug-likeness (QED) is 0.703. The van der Waals surface area contributed by atoms with Gasteiger partial charge in [-0.15, -0.1) is 0 Å². The zero-order chi connectivity index (χ0) is 21.9. The number of rotatable bonds is 7. The number of ether oxygens (including phenoxy) is 1. The van der Waals surface area contributed by atoms with Gasteiger partial charge in [-0.3, -0.25) is 4.79 Å². The van der Waals surface area contributed by atoms with Crippen LogP contribution in [0, 0.1) is 5.82 Å². The highest BCUT2D eigenvalue weighted by atomic mass is 32.2. The molecule has 30 heavy (non-hydrogen) atoms. The molecule has 2 aromatic rings. The lowest BCUT2D eigenvalue weighted by atomic mass is 10.1. The van der Waals surface area contributed by atoms with Crippen LogP contribution in [-0.2, 0) is 21.8 Å². The average Bonchev–Trinajstić information content (AvgIpc) is 3.11. The molecule has 1 amide bonds. The third-order valence-corrected chi connectivity index (χ3v) is 7.00. The molecule has 1 aliphatic heterocycles. The molecule has 1 atom stereocenters. The summed E-state index contributed by atoms with van der Waals surface area (Å²) in [7, 11) is 1.63. The van der Waals surface area contributed by atoms with Gasteiger partial charge >= 0.3 is 0 Å². The van der Waals surface area contributed by atoms with Crippen molar-refractivity contribution < 1.29 is 22.3 Å². The zero-order valence-electron chi connectivity index (χ0n) is 17.3. The van der Waals surface area contributed by atoms with Crippen LogP contribution in [-0.4, -0.2) is 75.0 Å². The molecule has 3 rings (SSSR count). The molecule has 1 unspecified atom stereocenters. The first-order chi connectivity index (χ1) is 14.2. The van der Waals surface area contributed by atoms with Crippen LogP contribution in [0.15, 0.2) is 41.4 Å². The van der Waals surface area contributed by atoms with E-state index in [-0.39, 0.29) is 42.1 Å². The Morgan fingerprint density at radius 2 is 1.97 bits per heavy atom. The minimum atomic E-state index is -3.69. The Balaban J connectivity index is 1.74. The van der Waals surface area contributed by atoms with Gasteiger partial charge in [0.25, 0.3) is 5.91 Å². The monoisotopic (exact) mass is 438 g/mol. The minimum absolute atomic E-state index is 0.0753. The number of nitrogens with one attached hydrogen (secondary N) is 1. The Labute approximate surface area is 176 Å². The standard InChI is InChI=1S/C20H27FN4O4S/c1-23(2)19(15-5-4-6-16(21)11-15)13-22-20(26)18-12-17(14-24(18)3)30(27,28)25-7-9-29-10-8-25/h4-6,11-12,14,19H,7-10,13H2,1-3H3,(H,22,26). The van der Waals surface area contributed by atoms with Crippen molar-refractivity contribution in [3.63, 3.8) is 0 Å². The predicted molar refractivity (Wildman–Crippen MR) is 110 cm³/mol. The van der Waals surface area contributed by atoms with E-state index >= 15 is 0 Å². The second-order valence-electron chi connectivity index (χ2n) is 7.43. The lowest BCUT2D eigenvalue weighted by Crippen LogP contribution is -2.40. The number of hydrogen-bond acceptors (Lipinski definition) is 5. The van der Waals surface area contributed by atoms with Gasteiger partial charge in [0.15, 0.2) is 0 Å². The van der Waals surface area contributed by atoms with E-state index in [4.69, 9.17) is 4.74 Å². The number of amides is 1. The van der Waals surface area contributed by atoms with Crippen molar-refractivity contribution >= 4 is 15.9 Å². The lowest BCUT2D eigenvalue weighted by Gasteiger charge is -2.25. The molecule has 164 valence electrons. The van der Waals surface area contributed by atoms with Crippen LogP contribution < -0.4 is 5.32 Å². The molecule has 2 heterocycles. The second-order valence-corrected chi connectivity index (χ2v) is 9.37. The van der Waals surface area contributed by atoms with Crippen LogP contribution in [0.2, 0.25) is 0 Å². The number of carbonyl (C=O) groups is 1. The molecular weight excluding hydrogens is 411 g/mol. The van der Waals surface area contributed by atoms with Crippen LogP contribution >= 0.6 is 0 Å². The maximum absolute atomic E-state index is 13.6. The number of nitrogens with zero attached hydrogens (tertiary/aromatic N) is 3. The summed E-state index contributed by atoms with van der Waals surface area (Å²) < 4.78 is 47.3. The van der Waals surface area contributed by atoms with E-state index < -0.39 is 15.9 Å². The average molecular weight is 439 g/mol. The number of morpholine rings is 1. The van der Waals surface area contributed by atoms with E-state index in [0.29, 0.717) is 13.2 Å². The molecule has 1 saturated heterocycles. The van der Waals surface area contributed by atoms with Gasteiger partial charge in [-0.25, -0.2) is 12.8 Å². The van der Waals surface area contributed by atoms with Crippen LogP contribution in [0.5, 0.6) is 0 Å². The van der Waals surface area contributed by atoms with E-state index in [2.05, 4.69) is 5.32 Å². The number of likely N-dealkylation sites (N-methyl/N-ethyl adjacent to an activating group) is 1. The van der Waals surface area contributed by atoms with E-state index in [1.165, 1.54) is 33.3 Å². The van der Waals surface area contributed by atoms with Crippen molar-refractivity contribution in [2.45, 2.75) is 10.9 Å². The third kappa shape index (κ3) is 4.89. The van der Waals surface area contributed by atoms with Crippen molar-refractivity contribution in [3.8, 4) is 0 Å². The van der Waals surface area contributed by atoms with Gasteiger partial charge in [0.2, 0.25) is 10.0 Å². The predicted octanol–water partition coefficient (Wildman–Crippen LogP) is 1.22. The number of carbonyl (C=O) groups excluding carboxylic acids is 1. The molecule has 0 saturated carbocycles. The fourth-order valence-electron chi connectivity index (χ4n) is 3.43. The highest BCUT2D eigenvalue weighted by Crippen LogP contribution is 2.21. The number of halogens is 1. The smallest absolute Gasteiger partial charge is 0.268 e. The van der Waals surface area contributed by atoms with Crippen LogP contribution in [0.4, 0.5) is 4.39 Å². The van der Waals surface area contributed by atoms with Crippen molar-refractivity contribution in [2.75, 3.05) is 46.9 Å². The Morgan fingerprint density at radius 1 is 1.27 bits per heavy atom. The SMILES string of the molecule is CN(C)C(CNC(=O)c1cc(S(=O)(=O)N2CCOCC2)cn1C)c1cccc(F)c1. The van der Waals surface area contributed by atoms with Crippen molar-refractivity contribution in [1.82, 2.24) is 19.1 Å². The summed E-state index contributed by atoms with van der Waals surface area (Å²) in [4.78, 5) is 14.7. The summed E-state index contributed by atoms with van der Waals surface area (Å²) in [5, 5.41) is 2.83. The number of aromatic nitrogens is 1. The lowest BCUT2D eigenvalue weighted by molar-refractivity contribution is 0.0730. The summed E-state index contributed by atoms with van der Waals surface area (Å²) in [6, 6.07) is 7.38. The highest BCUT2D eigenvalue weighted by molar-refractivity contribution is 7.89. The molecule has 1 N–H and O–H groups in total. The van der Waals surface area contributed by atoms with Crippen molar-refractivity contribution in [3.05, 3.63) is 53.6 Å². The molecule has 0 radical (unpaired) electrons. The van der Waals surface area contributed by atoms with Gasteiger partial charge in [-0.2, -0.15) is 4.31 Å². The van der Waals surface area contributed by atoms with Crippen molar-refractivity contribution in [2.24, 2.45) is 7.05 Å². The summed E-state index contributed by atoms with van der Waals surface area (Å²) in [6.45, 7) is 1.52. The van der Waals surface area contributed by atoms with E-state index in [0.717, 1.165) is 5.56 Å². The molecule has 0 aliphatic carbocycles. The molecule has 10 heteroatoms. The summed E-state index contributed by atoms with van der Waals surface area (Å²) in [5.74, 6) is -0.741. The molecule has 0 spiro atoms. The zero-order valence-corrected chi connectivity index (χ0v) is 18.2.